The Bertz CT molecular complexity index is 1120. The molecule has 0 fully saturated rings. The minimum atomic E-state index is -0.185. The molecule has 0 saturated heterocycles. The van der Waals surface area contributed by atoms with Crippen molar-refractivity contribution in [3.8, 4) is 11.8 Å². The monoisotopic (exact) mass is 476 g/mol. The molecule has 1 aliphatic carbocycles. The standard InChI is InChI=1S/C27H32N4O4/c1-18(2)34-25-13-10-19(15-21(25)16-28)27(35-29-3)31-17-20-7-5-8-23-22(20)11-12-24(23)30-14-6-9-26(32)33-4/h5,7-8,10,13,15,18,24,30H,3,6,9,11-12,14,17H2,1-2,4H3/b31-27-/t24-/m0/s1. The van der Waals surface area contributed by atoms with Crippen LogP contribution in [-0.4, -0.2) is 38.3 Å². The van der Waals surface area contributed by atoms with Crippen molar-refractivity contribution in [3.05, 3.63) is 64.2 Å². The Kier molecular flexibility index (Phi) is 9.39. The van der Waals surface area contributed by atoms with Crippen LogP contribution in [0.3, 0.4) is 0 Å². The highest BCUT2D eigenvalue weighted by atomic mass is 16.6. The molecule has 0 heterocycles. The summed E-state index contributed by atoms with van der Waals surface area (Å²) in [6.45, 7) is 8.40. The van der Waals surface area contributed by atoms with E-state index < -0.39 is 0 Å². The number of nitrogens with zero attached hydrogens (tertiary/aromatic N) is 3. The predicted molar refractivity (Wildman–Crippen MR) is 135 cm³/mol. The van der Waals surface area contributed by atoms with E-state index in [9.17, 15) is 10.1 Å². The van der Waals surface area contributed by atoms with Crippen LogP contribution in [0.15, 0.2) is 46.5 Å². The van der Waals surface area contributed by atoms with E-state index in [4.69, 9.17) is 14.3 Å². The number of oxime groups is 1. The third-order valence-electron chi connectivity index (χ3n) is 5.80. The third-order valence-corrected chi connectivity index (χ3v) is 5.80. The second-order valence-electron chi connectivity index (χ2n) is 8.54. The number of nitrogens with one attached hydrogen (secondary N) is 1. The zero-order chi connectivity index (χ0) is 25.2. The molecular formula is C27H32N4O4. The largest absolute Gasteiger partial charge is 0.490 e. The summed E-state index contributed by atoms with van der Waals surface area (Å²) in [5.41, 5.74) is 4.70. The van der Waals surface area contributed by atoms with Crippen molar-refractivity contribution in [2.45, 2.75) is 58.2 Å². The topological polar surface area (TPSA) is 105 Å². The summed E-state index contributed by atoms with van der Waals surface area (Å²) in [7, 11) is 1.41. The molecule has 3 rings (SSSR count). The minimum absolute atomic E-state index is 0.0430. The van der Waals surface area contributed by atoms with E-state index in [0.29, 0.717) is 35.7 Å². The van der Waals surface area contributed by atoms with Crippen molar-refractivity contribution in [3.63, 3.8) is 0 Å². The highest BCUT2D eigenvalue weighted by Gasteiger charge is 2.24. The van der Waals surface area contributed by atoms with Crippen molar-refractivity contribution in [1.29, 1.82) is 5.26 Å². The second kappa shape index (κ2) is 12.7. The SMILES string of the molecule is C=NO/C(=N\Cc1cccc2c1CC[C@@H]2NCCCC(=O)OC)c1ccc(OC(C)C)c(C#N)c1. The van der Waals surface area contributed by atoms with E-state index in [1.165, 1.54) is 18.2 Å². The Morgan fingerprint density at radius 1 is 1.31 bits per heavy atom. The van der Waals surface area contributed by atoms with Crippen molar-refractivity contribution in [2.24, 2.45) is 10.1 Å². The number of carbonyl (C=O) groups excluding carboxylic acids is 1. The quantitative estimate of drug-likeness (QED) is 0.169. The van der Waals surface area contributed by atoms with Gasteiger partial charge in [-0.25, -0.2) is 4.99 Å². The fourth-order valence-corrected chi connectivity index (χ4v) is 4.20. The van der Waals surface area contributed by atoms with Gasteiger partial charge in [-0.1, -0.05) is 23.4 Å². The smallest absolute Gasteiger partial charge is 0.305 e. The Hall–Kier alpha value is -3.70. The van der Waals surface area contributed by atoms with Crippen LogP contribution >= 0.6 is 0 Å². The van der Waals surface area contributed by atoms with Crippen LogP contribution in [0.4, 0.5) is 0 Å². The van der Waals surface area contributed by atoms with Gasteiger partial charge in [0.1, 0.15) is 11.8 Å². The number of hydrogen-bond donors (Lipinski definition) is 1. The van der Waals surface area contributed by atoms with Crippen LogP contribution in [0.25, 0.3) is 0 Å². The highest BCUT2D eigenvalue weighted by molar-refractivity contribution is 5.94. The van der Waals surface area contributed by atoms with Gasteiger partial charge in [-0.05, 0) is 74.5 Å². The number of benzene rings is 2. The molecule has 0 aromatic heterocycles. The summed E-state index contributed by atoms with van der Waals surface area (Å²) in [5, 5.41) is 16.7. The summed E-state index contributed by atoms with van der Waals surface area (Å²) < 4.78 is 10.4. The maximum Gasteiger partial charge on any atom is 0.305 e. The van der Waals surface area contributed by atoms with Gasteiger partial charge in [0.15, 0.2) is 0 Å². The van der Waals surface area contributed by atoms with Crippen molar-refractivity contribution in [1.82, 2.24) is 5.32 Å². The maximum atomic E-state index is 11.3. The van der Waals surface area contributed by atoms with E-state index in [1.54, 1.807) is 18.2 Å². The fraction of sp³-hybridized carbons (Fsp3) is 0.407. The Labute approximate surface area is 206 Å². The molecule has 35 heavy (non-hydrogen) atoms. The molecule has 0 aliphatic heterocycles. The summed E-state index contributed by atoms with van der Waals surface area (Å²) in [4.78, 5) is 21.3. The number of rotatable bonds is 11. The van der Waals surface area contributed by atoms with E-state index in [2.05, 4.69) is 40.4 Å². The molecule has 0 spiro atoms. The third kappa shape index (κ3) is 6.90. The second-order valence-corrected chi connectivity index (χ2v) is 8.54. The van der Waals surface area contributed by atoms with Gasteiger partial charge in [0.25, 0.3) is 5.90 Å². The number of esters is 1. The highest BCUT2D eigenvalue weighted by Crippen LogP contribution is 2.34. The van der Waals surface area contributed by atoms with Crippen molar-refractivity contribution in [2.75, 3.05) is 13.7 Å². The lowest BCUT2D eigenvalue weighted by molar-refractivity contribution is -0.140. The summed E-state index contributed by atoms with van der Waals surface area (Å²) in [5.74, 6) is 0.624. The molecule has 0 radical (unpaired) electrons. The van der Waals surface area contributed by atoms with Crippen LogP contribution in [0.5, 0.6) is 5.75 Å². The molecule has 0 unspecified atom stereocenters. The average molecular weight is 477 g/mol. The zero-order valence-corrected chi connectivity index (χ0v) is 20.5. The van der Waals surface area contributed by atoms with E-state index in [-0.39, 0.29) is 18.1 Å². The molecule has 0 bridgehead atoms. The van der Waals surface area contributed by atoms with Crippen LogP contribution in [0, 0.1) is 11.3 Å². The van der Waals surface area contributed by atoms with Gasteiger partial charge < -0.3 is 19.6 Å². The van der Waals surface area contributed by atoms with Crippen LogP contribution in [-0.2, 0) is 27.3 Å². The molecule has 0 saturated carbocycles. The number of hydrogen-bond acceptors (Lipinski definition) is 8. The predicted octanol–water partition coefficient (Wildman–Crippen LogP) is 4.45. The number of methoxy groups -OCH3 is 1. The van der Waals surface area contributed by atoms with Crippen LogP contribution < -0.4 is 10.1 Å². The van der Waals surface area contributed by atoms with Crippen molar-refractivity contribution >= 4 is 18.6 Å². The van der Waals surface area contributed by atoms with Gasteiger partial charge in [-0.3, -0.25) is 4.79 Å². The zero-order valence-electron chi connectivity index (χ0n) is 20.5. The van der Waals surface area contributed by atoms with Gasteiger partial charge in [-0.15, -0.1) is 0 Å². The fourth-order valence-electron chi connectivity index (χ4n) is 4.20. The molecule has 1 atom stereocenters. The molecule has 2 aromatic carbocycles. The summed E-state index contributed by atoms with van der Waals surface area (Å²) >= 11 is 0. The number of fused-ring (bicyclic) bond motifs is 1. The number of aliphatic imine (C=N–C) groups is 1. The lowest BCUT2D eigenvalue weighted by Crippen LogP contribution is -2.21. The molecule has 8 heteroatoms. The van der Waals surface area contributed by atoms with Gasteiger partial charge >= 0.3 is 5.97 Å². The van der Waals surface area contributed by atoms with Gasteiger partial charge in [0, 0.05) is 24.7 Å². The first-order valence-electron chi connectivity index (χ1n) is 11.8. The van der Waals surface area contributed by atoms with Crippen molar-refractivity contribution < 1.29 is 19.1 Å². The Morgan fingerprint density at radius 3 is 2.86 bits per heavy atom. The van der Waals surface area contributed by atoms with E-state index in [0.717, 1.165) is 31.4 Å². The number of nitriles is 1. The van der Waals surface area contributed by atoms with Gasteiger partial charge in [0.2, 0.25) is 0 Å². The Morgan fingerprint density at radius 2 is 2.14 bits per heavy atom. The molecule has 1 aliphatic rings. The lowest BCUT2D eigenvalue weighted by atomic mass is 10.0. The van der Waals surface area contributed by atoms with E-state index in [1.807, 2.05) is 19.9 Å². The summed E-state index contributed by atoms with van der Waals surface area (Å²) in [6, 6.07) is 13.9. The molecule has 0 amide bonds. The number of ether oxygens (including phenoxy) is 2. The Balaban J connectivity index is 1.75. The molecular weight excluding hydrogens is 444 g/mol. The molecule has 8 nitrogen and oxygen atoms in total. The lowest BCUT2D eigenvalue weighted by Gasteiger charge is -2.15. The van der Waals surface area contributed by atoms with Gasteiger partial charge in [0.05, 0.1) is 25.3 Å². The normalized spacial score (nSPS) is 14.8. The minimum Gasteiger partial charge on any atom is -0.490 e. The molecule has 2 aromatic rings. The summed E-state index contributed by atoms with van der Waals surface area (Å²) in [6.07, 6.45) is 3.05. The van der Waals surface area contributed by atoms with Crippen LogP contribution in [0.1, 0.15) is 67.0 Å². The maximum absolute atomic E-state index is 11.3. The first-order valence-corrected chi connectivity index (χ1v) is 11.8. The molecule has 1 N–H and O–H groups in total. The first-order chi connectivity index (χ1) is 17.0. The van der Waals surface area contributed by atoms with Crippen LogP contribution in [0.2, 0.25) is 0 Å². The average Bonchev–Trinajstić information content (AvgIpc) is 3.28. The number of carbonyl (C=O) groups is 1. The first kappa shape index (κ1) is 25.9. The van der Waals surface area contributed by atoms with Gasteiger partial charge in [-0.2, -0.15) is 5.26 Å². The van der Waals surface area contributed by atoms with E-state index >= 15 is 0 Å². The molecule has 184 valence electrons.